The Labute approximate surface area is 118 Å². The first-order valence-corrected chi connectivity index (χ1v) is 6.40. The number of anilines is 1. The van der Waals surface area contributed by atoms with Gasteiger partial charge < -0.3 is 9.67 Å². The molecule has 0 saturated carbocycles. The van der Waals surface area contributed by atoms with Crippen molar-refractivity contribution < 1.29 is 9.90 Å². The molecule has 0 fully saturated rings. The molecule has 0 bridgehead atoms. The van der Waals surface area contributed by atoms with Crippen LogP contribution in [0.3, 0.4) is 0 Å². The normalized spacial score (nSPS) is 11.4. The maximum absolute atomic E-state index is 11.5. The number of carboxylic acid groups (broad SMARTS) is 1. The van der Waals surface area contributed by atoms with Crippen molar-refractivity contribution in [2.45, 2.75) is 26.3 Å². The van der Waals surface area contributed by atoms with E-state index < -0.39 is 11.6 Å². The van der Waals surface area contributed by atoms with Crippen LogP contribution in [0.25, 0.3) is 11.3 Å². The number of rotatable bonds is 2. The molecule has 0 aliphatic rings. The lowest BCUT2D eigenvalue weighted by Gasteiger charge is -2.33. The molecule has 2 aromatic heterocycles. The van der Waals surface area contributed by atoms with E-state index in [9.17, 15) is 9.90 Å². The number of aromatic nitrogens is 2. The number of hydrogen-bond acceptors (Lipinski definition) is 2. The van der Waals surface area contributed by atoms with Crippen LogP contribution in [0.4, 0.5) is 10.5 Å². The molecule has 20 heavy (non-hydrogen) atoms. The number of nitrogens with zero attached hydrogens (tertiary/aromatic N) is 3. The lowest BCUT2D eigenvalue weighted by atomic mass is 10.1. The van der Waals surface area contributed by atoms with Gasteiger partial charge in [0.15, 0.2) is 0 Å². The van der Waals surface area contributed by atoms with Gasteiger partial charge in [0.1, 0.15) is 0 Å². The second-order valence-corrected chi connectivity index (χ2v) is 5.72. The Hall–Kier alpha value is -2.30. The molecular weight excluding hydrogens is 254 g/mol. The van der Waals surface area contributed by atoms with Crippen LogP contribution >= 0.6 is 0 Å². The highest BCUT2D eigenvalue weighted by Crippen LogP contribution is 2.28. The lowest BCUT2D eigenvalue weighted by molar-refractivity contribution is 0.195. The topological polar surface area (TPSA) is 58.4 Å². The van der Waals surface area contributed by atoms with Crippen LogP contribution in [-0.2, 0) is 7.05 Å². The van der Waals surface area contributed by atoms with E-state index in [0.717, 1.165) is 11.3 Å². The molecule has 5 heteroatoms. The molecule has 2 aromatic rings. The minimum atomic E-state index is -0.983. The summed E-state index contributed by atoms with van der Waals surface area (Å²) in [6.45, 7) is 5.57. The zero-order valence-corrected chi connectivity index (χ0v) is 12.2. The number of pyridine rings is 1. The minimum Gasteiger partial charge on any atom is -0.465 e. The molecule has 0 atom stereocenters. The van der Waals surface area contributed by atoms with Crippen LogP contribution in [0.5, 0.6) is 0 Å². The Morgan fingerprint density at radius 1 is 1.35 bits per heavy atom. The maximum Gasteiger partial charge on any atom is 0.412 e. The highest BCUT2D eigenvalue weighted by atomic mass is 16.4. The number of amides is 1. The Morgan fingerprint density at radius 2 is 2.05 bits per heavy atom. The van der Waals surface area contributed by atoms with Gasteiger partial charge in [0.2, 0.25) is 0 Å². The van der Waals surface area contributed by atoms with E-state index in [-0.39, 0.29) is 0 Å². The van der Waals surface area contributed by atoms with E-state index in [1.54, 1.807) is 12.4 Å². The van der Waals surface area contributed by atoms with Crippen LogP contribution in [0.2, 0.25) is 0 Å². The van der Waals surface area contributed by atoms with E-state index >= 15 is 0 Å². The van der Waals surface area contributed by atoms with E-state index in [4.69, 9.17) is 0 Å². The number of hydrogen-bond donors (Lipinski definition) is 1. The highest BCUT2D eigenvalue weighted by Gasteiger charge is 2.28. The molecule has 0 aromatic carbocycles. The third kappa shape index (κ3) is 2.66. The maximum atomic E-state index is 11.5. The third-order valence-electron chi connectivity index (χ3n) is 3.08. The molecule has 1 N–H and O–H groups in total. The minimum absolute atomic E-state index is 0.527. The smallest absolute Gasteiger partial charge is 0.412 e. The van der Waals surface area contributed by atoms with Gasteiger partial charge in [-0.2, -0.15) is 0 Å². The summed E-state index contributed by atoms with van der Waals surface area (Å²) in [5.74, 6) is 0. The van der Waals surface area contributed by atoms with Crippen molar-refractivity contribution in [2.75, 3.05) is 4.90 Å². The van der Waals surface area contributed by atoms with Gasteiger partial charge in [-0.1, -0.05) is 0 Å². The van der Waals surface area contributed by atoms with Crippen LogP contribution < -0.4 is 4.90 Å². The van der Waals surface area contributed by atoms with Gasteiger partial charge in [-0.25, -0.2) is 4.79 Å². The van der Waals surface area contributed by atoms with Gasteiger partial charge in [-0.15, -0.1) is 0 Å². The quantitative estimate of drug-likeness (QED) is 0.912. The fourth-order valence-corrected chi connectivity index (χ4v) is 2.24. The van der Waals surface area contributed by atoms with Crippen molar-refractivity contribution in [3.8, 4) is 11.3 Å². The predicted octanol–water partition coefficient (Wildman–Crippen LogP) is 3.37. The Balaban J connectivity index is 2.49. The molecule has 2 rings (SSSR count). The van der Waals surface area contributed by atoms with Crippen LogP contribution in [0.15, 0.2) is 36.8 Å². The highest BCUT2D eigenvalue weighted by molar-refractivity contribution is 5.88. The van der Waals surface area contributed by atoms with Crippen molar-refractivity contribution >= 4 is 11.8 Å². The van der Waals surface area contributed by atoms with Crippen molar-refractivity contribution in [3.05, 3.63) is 36.8 Å². The lowest BCUT2D eigenvalue weighted by Crippen LogP contribution is -2.45. The van der Waals surface area contributed by atoms with Crippen molar-refractivity contribution in [3.63, 3.8) is 0 Å². The Morgan fingerprint density at radius 3 is 2.55 bits per heavy atom. The summed E-state index contributed by atoms with van der Waals surface area (Å²) in [5, 5.41) is 9.43. The molecule has 0 radical (unpaired) electrons. The molecule has 0 spiro atoms. The average molecular weight is 273 g/mol. The second-order valence-electron chi connectivity index (χ2n) is 5.72. The monoisotopic (exact) mass is 273 g/mol. The summed E-state index contributed by atoms with van der Waals surface area (Å²) in [6, 6.07) is 5.77. The van der Waals surface area contributed by atoms with E-state index in [2.05, 4.69) is 4.98 Å². The SMILES string of the molecule is Cn1cccc1-c1cncc(N(C(=O)O)C(C)(C)C)c1. The fraction of sp³-hybridized carbons (Fsp3) is 0.333. The van der Waals surface area contributed by atoms with Gasteiger partial charge >= 0.3 is 6.09 Å². The third-order valence-corrected chi connectivity index (χ3v) is 3.08. The summed E-state index contributed by atoms with van der Waals surface area (Å²) in [5.41, 5.74) is 1.94. The van der Waals surface area contributed by atoms with Crippen molar-refractivity contribution in [1.29, 1.82) is 0 Å². The first-order valence-electron chi connectivity index (χ1n) is 6.40. The van der Waals surface area contributed by atoms with E-state index in [1.807, 2.05) is 56.8 Å². The molecule has 0 aliphatic carbocycles. The molecular formula is C15H19N3O2. The first-order chi connectivity index (χ1) is 9.30. The molecule has 5 nitrogen and oxygen atoms in total. The summed E-state index contributed by atoms with van der Waals surface area (Å²) < 4.78 is 1.98. The number of carbonyl (C=O) groups is 1. The summed E-state index contributed by atoms with van der Waals surface area (Å²) >= 11 is 0. The van der Waals surface area contributed by atoms with Gasteiger partial charge in [0.05, 0.1) is 11.9 Å². The predicted molar refractivity (Wildman–Crippen MR) is 78.9 cm³/mol. The molecule has 2 heterocycles. The van der Waals surface area contributed by atoms with Crippen LogP contribution in [0, 0.1) is 0 Å². The van der Waals surface area contributed by atoms with Crippen molar-refractivity contribution in [1.82, 2.24) is 9.55 Å². The largest absolute Gasteiger partial charge is 0.465 e. The first kappa shape index (κ1) is 14.1. The zero-order chi connectivity index (χ0) is 14.9. The van der Waals surface area contributed by atoms with Gasteiger partial charge in [0, 0.05) is 36.2 Å². The van der Waals surface area contributed by atoms with Gasteiger partial charge in [-0.3, -0.25) is 9.88 Å². The summed E-state index contributed by atoms with van der Waals surface area (Å²) in [7, 11) is 1.95. The van der Waals surface area contributed by atoms with Crippen molar-refractivity contribution in [2.24, 2.45) is 7.05 Å². The standard InChI is InChI=1S/C15H19N3O2/c1-15(2,3)18(14(19)20)12-8-11(9-16-10-12)13-6-5-7-17(13)4/h5-10H,1-4H3,(H,19,20). The molecule has 106 valence electrons. The van der Waals surface area contributed by atoms with Crippen LogP contribution in [0.1, 0.15) is 20.8 Å². The summed E-state index contributed by atoms with van der Waals surface area (Å²) in [4.78, 5) is 17.0. The molecule has 1 amide bonds. The zero-order valence-electron chi connectivity index (χ0n) is 12.2. The van der Waals surface area contributed by atoms with Gasteiger partial charge in [-0.05, 0) is 39.0 Å². The van der Waals surface area contributed by atoms with Crippen LogP contribution in [-0.4, -0.2) is 26.3 Å². The van der Waals surface area contributed by atoms with E-state index in [1.165, 1.54) is 4.90 Å². The fourth-order valence-electron chi connectivity index (χ4n) is 2.24. The average Bonchev–Trinajstić information content (AvgIpc) is 2.73. The second kappa shape index (κ2) is 5.00. The molecule has 0 aliphatic heterocycles. The Kier molecular flexibility index (Phi) is 3.53. The summed E-state index contributed by atoms with van der Waals surface area (Å²) in [6.07, 6.45) is 4.27. The molecule has 0 unspecified atom stereocenters. The van der Waals surface area contributed by atoms with E-state index in [0.29, 0.717) is 5.69 Å². The number of aryl methyl sites for hydroxylation is 1. The molecule has 0 saturated heterocycles. The van der Waals surface area contributed by atoms with Gasteiger partial charge in [0.25, 0.3) is 0 Å². The Bertz CT molecular complexity index is 626.